The predicted octanol–water partition coefficient (Wildman–Crippen LogP) is 4.12. The highest BCUT2D eigenvalue weighted by Gasteiger charge is 2.31. The third-order valence-corrected chi connectivity index (χ3v) is 4.86. The van der Waals surface area contributed by atoms with E-state index in [1.165, 1.54) is 6.07 Å². The number of anilines is 2. The molecule has 0 atom stereocenters. The third-order valence-electron chi connectivity index (χ3n) is 4.86. The summed E-state index contributed by atoms with van der Waals surface area (Å²) in [6.07, 6.45) is 0.275. The molecule has 1 amide bonds. The number of hydrogen-bond donors (Lipinski definition) is 1. The lowest BCUT2D eigenvalue weighted by molar-refractivity contribution is -0.120. The Morgan fingerprint density at radius 2 is 1.77 bits per heavy atom. The molecule has 1 saturated carbocycles. The second-order valence-corrected chi connectivity index (χ2v) is 8.69. The van der Waals surface area contributed by atoms with Gasteiger partial charge in [0.25, 0.3) is 0 Å². The topological polar surface area (TPSA) is 128 Å². The van der Waals surface area contributed by atoms with Crippen LogP contribution < -0.4 is 4.90 Å². The highest BCUT2D eigenvalue weighted by atomic mass is 16.6. The number of ketones is 1. The van der Waals surface area contributed by atoms with Crippen molar-refractivity contribution in [3.8, 4) is 0 Å². The first kappa shape index (κ1) is 22.4. The molecule has 1 aliphatic rings. The van der Waals surface area contributed by atoms with Gasteiger partial charge in [0.05, 0.1) is 5.69 Å². The van der Waals surface area contributed by atoms with Crippen molar-refractivity contribution in [1.82, 2.24) is 19.7 Å². The van der Waals surface area contributed by atoms with Gasteiger partial charge in [0.15, 0.2) is 5.82 Å². The van der Waals surface area contributed by atoms with Gasteiger partial charge in [-0.05, 0) is 47.5 Å². The summed E-state index contributed by atoms with van der Waals surface area (Å²) in [6, 6.07) is 3.10. The second-order valence-electron chi connectivity index (χ2n) is 8.69. The third kappa shape index (κ3) is 5.25. The number of ether oxygens (including phenoxy) is 1. The molecule has 1 N–H and O–H groups in total. The Labute approximate surface area is 180 Å². The molecule has 0 radical (unpaired) electrons. The van der Waals surface area contributed by atoms with E-state index in [1.807, 2.05) is 0 Å². The fourth-order valence-electron chi connectivity index (χ4n) is 3.44. The summed E-state index contributed by atoms with van der Waals surface area (Å²) in [5, 5.41) is 13.4. The molecule has 2 aromatic heterocycles. The SMILES string of the molecule is Cc1cc(N(C(=O)OC(C)(C)C)c2cc(C)n(C(=O)O)n2)nc(C2CCC(=O)CC2)n1. The molecule has 31 heavy (non-hydrogen) atoms. The van der Waals surface area contributed by atoms with Crippen molar-refractivity contribution in [3.05, 3.63) is 29.3 Å². The largest absolute Gasteiger partial charge is 0.463 e. The van der Waals surface area contributed by atoms with Gasteiger partial charge in [0.2, 0.25) is 0 Å². The van der Waals surface area contributed by atoms with E-state index in [4.69, 9.17) is 4.74 Å². The minimum absolute atomic E-state index is 0.00940. The number of aromatic nitrogens is 4. The Hall–Kier alpha value is -3.30. The molecule has 0 unspecified atom stereocenters. The number of rotatable bonds is 3. The first-order chi connectivity index (χ1) is 14.4. The number of hydrogen-bond acceptors (Lipinski definition) is 7. The molecular formula is C21H27N5O5. The van der Waals surface area contributed by atoms with Crippen LogP contribution in [0.25, 0.3) is 0 Å². The molecular weight excluding hydrogens is 402 g/mol. The van der Waals surface area contributed by atoms with Crippen molar-refractivity contribution >= 4 is 29.6 Å². The summed E-state index contributed by atoms with van der Waals surface area (Å²) < 4.78 is 6.33. The molecule has 3 rings (SSSR count). The van der Waals surface area contributed by atoms with Crippen LogP contribution in [0.3, 0.4) is 0 Å². The number of nitrogens with zero attached hydrogens (tertiary/aromatic N) is 5. The van der Waals surface area contributed by atoms with Crippen LogP contribution >= 0.6 is 0 Å². The van der Waals surface area contributed by atoms with E-state index in [0.717, 1.165) is 9.58 Å². The number of Topliss-reactive ketones (excluding diaryl/α,β-unsaturated/α-hetero) is 1. The molecule has 0 bridgehead atoms. The average Bonchev–Trinajstić information content (AvgIpc) is 3.02. The summed E-state index contributed by atoms with van der Waals surface area (Å²) >= 11 is 0. The molecule has 0 aliphatic heterocycles. The van der Waals surface area contributed by atoms with Gasteiger partial charge < -0.3 is 9.84 Å². The Morgan fingerprint density at radius 3 is 2.32 bits per heavy atom. The molecule has 10 heteroatoms. The quantitative estimate of drug-likeness (QED) is 0.772. The Bertz CT molecular complexity index is 1010. The molecule has 1 aliphatic carbocycles. The molecule has 10 nitrogen and oxygen atoms in total. The van der Waals surface area contributed by atoms with E-state index in [9.17, 15) is 19.5 Å². The van der Waals surface area contributed by atoms with Crippen LogP contribution in [-0.4, -0.2) is 48.4 Å². The fraction of sp³-hybridized carbons (Fsp3) is 0.524. The maximum Gasteiger partial charge on any atom is 0.432 e. The van der Waals surface area contributed by atoms with E-state index >= 15 is 0 Å². The van der Waals surface area contributed by atoms with Crippen LogP contribution in [0.15, 0.2) is 12.1 Å². The van der Waals surface area contributed by atoms with Gasteiger partial charge in [0.1, 0.15) is 23.0 Å². The van der Waals surface area contributed by atoms with Crippen molar-refractivity contribution in [1.29, 1.82) is 0 Å². The number of amides is 1. The lowest BCUT2D eigenvalue weighted by Crippen LogP contribution is -2.35. The minimum Gasteiger partial charge on any atom is -0.463 e. The van der Waals surface area contributed by atoms with Gasteiger partial charge in [-0.25, -0.2) is 24.5 Å². The van der Waals surface area contributed by atoms with Gasteiger partial charge in [0, 0.05) is 36.6 Å². The van der Waals surface area contributed by atoms with E-state index in [2.05, 4.69) is 15.1 Å². The normalized spacial score (nSPS) is 15.1. The lowest BCUT2D eigenvalue weighted by atomic mass is 9.88. The van der Waals surface area contributed by atoms with Crippen molar-refractivity contribution < 1.29 is 24.2 Å². The zero-order valence-corrected chi connectivity index (χ0v) is 18.4. The molecule has 1 fully saturated rings. The highest BCUT2D eigenvalue weighted by Crippen LogP contribution is 2.32. The number of carbonyl (C=O) groups excluding carboxylic acids is 2. The minimum atomic E-state index is -1.26. The van der Waals surface area contributed by atoms with Crippen molar-refractivity contribution in [3.63, 3.8) is 0 Å². The lowest BCUT2D eigenvalue weighted by Gasteiger charge is -2.26. The Morgan fingerprint density at radius 1 is 1.13 bits per heavy atom. The molecule has 0 aromatic carbocycles. The summed E-state index contributed by atoms with van der Waals surface area (Å²) in [6.45, 7) is 8.57. The van der Waals surface area contributed by atoms with Crippen molar-refractivity contribution in [2.24, 2.45) is 0 Å². The van der Waals surface area contributed by atoms with Gasteiger partial charge in [-0.2, -0.15) is 4.68 Å². The summed E-state index contributed by atoms with van der Waals surface area (Å²) in [5.41, 5.74) is 0.196. The fourth-order valence-corrected chi connectivity index (χ4v) is 3.44. The standard InChI is InChI=1S/C21H27N5O5/c1-12-10-16(23-18(22-12)14-6-8-15(27)9-7-14)25(20(30)31-21(3,4)5)17-11-13(2)26(24-17)19(28)29/h10-11,14H,6-9H2,1-5H3,(H,28,29). The van der Waals surface area contributed by atoms with E-state index in [0.29, 0.717) is 42.9 Å². The molecule has 0 spiro atoms. The van der Waals surface area contributed by atoms with Gasteiger partial charge in [-0.1, -0.05) is 0 Å². The van der Waals surface area contributed by atoms with E-state index < -0.39 is 17.8 Å². The number of aryl methyl sites for hydroxylation is 2. The van der Waals surface area contributed by atoms with Gasteiger partial charge in [-0.3, -0.25) is 4.79 Å². The Balaban J connectivity index is 2.07. The zero-order valence-electron chi connectivity index (χ0n) is 18.4. The predicted molar refractivity (Wildman–Crippen MR) is 112 cm³/mol. The van der Waals surface area contributed by atoms with Crippen LogP contribution in [-0.2, 0) is 9.53 Å². The highest BCUT2D eigenvalue weighted by molar-refractivity contribution is 5.94. The average molecular weight is 429 g/mol. The molecule has 0 saturated heterocycles. The van der Waals surface area contributed by atoms with Crippen molar-refractivity contribution in [2.45, 2.75) is 71.8 Å². The summed E-state index contributed by atoms with van der Waals surface area (Å²) in [5.74, 6) is 1.11. The van der Waals surface area contributed by atoms with Crippen molar-refractivity contribution in [2.75, 3.05) is 4.90 Å². The summed E-state index contributed by atoms with van der Waals surface area (Å²) in [7, 11) is 0. The maximum absolute atomic E-state index is 13.1. The number of carboxylic acid groups (broad SMARTS) is 1. The second kappa shape index (κ2) is 8.44. The van der Waals surface area contributed by atoms with Gasteiger partial charge >= 0.3 is 12.2 Å². The molecule has 166 valence electrons. The van der Waals surface area contributed by atoms with Gasteiger partial charge in [-0.15, -0.1) is 5.10 Å². The first-order valence-electron chi connectivity index (χ1n) is 10.1. The van der Waals surface area contributed by atoms with Crippen LogP contribution in [0.1, 0.15) is 69.6 Å². The van der Waals surface area contributed by atoms with Crippen LogP contribution in [0.4, 0.5) is 21.2 Å². The number of carbonyl (C=O) groups is 3. The monoisotopic (exact) mass is 429 g/mol. The first-order valence-corrected chi connectivity index (χ1v) is 10.1. The molecule has 2 aromatic rings. The Kier molecular flexibility index (Phi) is 6.10. The summed E-state index contributed by atoms with van der Waals surface area (Å²) in [4.78, 5) is 46.4. The zero-order chi connectivity index (χ0) is 22.9. The maximum atomic E-state index is 13.1. The van der Waals surface area contributed by atoms with Crippen LogP contribution in [0, 0.1) is 13.8 Å². The van der Waals surface area contributed by atoms with E-state index in [-0.39, 0.29) is 23.3 Å². The van der Waals surface area contributed by atoms with Crippen LogP contribution in [0.2, 0.25) is 0 Å². The smallest absolute Gasteiger partial charge is 0.432 e. The van der Waals surface area contributed by atoms with E-state index in [1.54, 1.807) is 40.7 Å². The van der Waals surface area contributed by atoms with Crippen LogP contribution in [0.5, 0.6) is 0 Å². The molecule has 2 heterocycles.